The Balaban J connectivity index is 2.49. The average Bonchev–Trinajstić information content (AvgIpc) is 2.20. The normalized spacial score (nSPS) is 16.1. The van der Waals surface area contributed by atoms with Crippen LogP contribution in [0.4, 0.5) is 0 Å². The summed E-state index contributed by atoms with van der Waals surface area (Å²) in [6.45, 7) is 2.17. The molecule has 0 aromatic heterocycles. The molecular weight excluding hydrogens is 188 g/mol. The fourth-order valence-corrected chi connectivity index (χ4v) is 2.16. The van der Waals surface area contributed by atoms with Gasteiger partial charge in [-0.25, -0.2) is 0 Å². The Bertz CT molecular complexity index is 399. The van der Waals surface area contributed by atoms with Crippen molar-refractivity contribution < 1.29 is 0 Å². The minimum absolute atomic E-state index is 1.08. The maximum absolute atomic E-state index is 4.49. The number of benzene rings is 1. The van der Waals surface area contributed by atoms with Crippen LogP contribution < -0.4 is 0 Å². The van der Waals surface area contributed by atoms with E-state index < -0.39 is 0 Å². The van der Waals surface area contributed by atoms with Gasteiger partial charge in [0.15, 0.2) is 0 Å². The first-order valence-corrected chi connectivity index (χ1v) is 5.38. The first kappa shape index (κ1) is 9.60. The molecule has 0 saturated carbocycles. The van der Waals surface area contributed by atoms with Crippen molar-refractivity contribution in [3.8, 4) is 0 Å². The second kappa shape index (κ2) is 4.05. The molecule has 0 unspecified atom stereocenters. The van der Waals surface area contributed by atoms with E-state index in [1.807, 2.05) is 6.07 Å². The van der Waals surface area contributed by atoms with Crippen LogP contribution in [0.2, 0.25) is 0 Å². The van der Waals surface area contributed by atoms with Gasteiger partial charge in [0, 0.05) is 4.90 Å². The van der Waals surface area contributed by atoms with Crippen molar-refractivity contribution in [1.82, 2.24) is 0 Å². The van der Waals surface area contributed by atoms with Crippen LogP contribution in [-0.2, 0) is 0 Å². The van der Waals surface area contributed by atoms with E-state index in [-0.39, 0.29) is 0 Å². The number of hydrogen-bond donors (Lipinski definition) is 1. The van der Waals surface area contributed by atoms with Crippen molar-refractivity contribution in [2.45, 2.75) is 24.7 Å². The van der Waals surface area contributed by atoms with Crippen molar-refractivity contribution in [2.75, 3.05) is 0 Å². The van der Waals surface area contributed by atoms with E-state index in [9.17, 15) is 0 Å². The maximum Gasteiger partial charge on any atom is 0.0115 e. The van der Waals surface area contributed by atoms with Crippen LogP contribution in [0.1, 0.15) is 25.3 Å². The fourth-order valence-electron chi connectivity index (χ4n) is 1.86. The van der Waals surface area contributed by atoms with Crippen LogP contribution in [-0.4, -0.2) is 0 Å². The molecule has 0 bridgehead atoms. The zero-order valence-electron chi connectivity index (χ0n) is 8.33. The first-order valence-electron chi connectivity index (χ1n) is 4.93. The quantitative estimate of drug-likeness (QED) is 0.651. The monoisotopic (exact) mass is 202 g/mol. The smallest absolute Gasteiger partial charge is 0.0115 e. The van der Waals surface area contributed by atoms with Crippen LogP contribution >= 0.6 is 12.6 Å². The van der Waals surface area contributed by atoms with Crippen molar-refractivity contribution in [2.24, 2.45) is 0 Å². The lowest BCUT2D eigenvalue weighted by Crippen LogP contribution is -1.93. The molecule has 1 aliphatic carbocycles. The SMILES string of the molecule is CC1=C(c2ccccc2S)CCC=C1. The summed E-state index contributed by atoms with van der Waals surface area (Å²) in [5.41, 5.74) is 4.11. The van der Waals surface area contributed by atoms with Crippen LogP contribution in [0.15, 0.2) is 46.9 Å². The average molecular weight is 202 g/mol. The maximum atomic E-state index is 4.49. The lowest BCUT2D eigenvalue weighted by molar-refractivity contribution is 1.03. The molecule has 0 amide bonds. The summed E-state index contributed by atoms with van der Waals surface area (Å²) in [6, 6.07) is 8.31. The number of allylic oxidation sites excluding steroid dienone is 4. The lowest BCUT2D eigenvalue weighted by atomic mass is 9.92. The van der Waals surface area contributed by atoms with Crippen LogP contribution in [0.5, 0.6) is 0 Å². The Labute approximate surface area is 90.8 Å². The molecule has 0 spiro atoms. The van der Waals surface area contributed by atoms with Gasteiger partial charge in [-0.2, -0.15) is 0 Å². The topological polar surface area (TPSA) is 0 Å². The Kier molecular flexibility index (Phi) is 2.78. The Hall–Kier alpha value is -0.950. The van der Waals surface area contributed by atoms with Gasteiger partial charge >= 0.3 is 0 Å². The molecule has 1 aromatic rings. The second-order valence-electron chi connectivity index (χ2n) is 3.62. The number of hydrogen-bond acceptors (Lipinski definition) is 1. The van der Waals surface area contributed by atoms with Gasteiger partial charge in [0.25, 0.3) is 0 Å². The van der Waals surface area contributed by atoms with Crippen molar-refractivity contribution in [3.05, 3.63) is 47.6 Å². The lowest BCUT2D eigenvalue weighted by Gasteiger charge is -2.15. The van der Waals surface area contributed by atoms with Crippen LogP contribution in [0, 0.1) is 0 Å². The molecule has 14 heavy (non-hydrogen) atoms. The molecule has 0 radical (unpaired) electrons. The Morgan fingerprint density at radius 3 is 2.71 bits per heavy atom. The number of rotatable bonds is 1. The molecule has 0 fully saturated rings. The molecule has 0 saturated heterocycles. The van der Waals surface area contributed by atoms with E-state index in [1.165, 1.54) is 16.7 Å². The van der Waals surface area contributed by atoms with Gasteiger partial charge in [0.05, 0.1) is 0 Å². The molecule has 2 rings (SSSR count). The molecule has 72 valence electrons. The van der Waals surface area contributed by atoms with E-state index in [0.717, 1.165) is 17.7 Å². The largest absolute Gasteiger partial charge is 0.143 e. The summed E-state index contributed by atoms with van der Waals surface area (Å²) in [4.78, 5) is 1.08. The highest BCUT2D eigenvalue weighted by molar-refractivity contribution is 7.80. The third kappa shape index (κ3) is 1.78. The van der Waals surface area contributed by atoms with Crippen LogP contribution in [0.3, 0.4) is 0 Å². The van der Waals surface area contributed by atoms with E-state index in [1.54, 1.807) is 0 Å². The molecule has 0 aliphatic heterocycles. The van der Waals surface area contributed by atoms with Crippen molar-refractivity contribution >= 4 is 18.2 Å². The van der Waals surface area contributed by atoms with Gasteiger partial charge in [-0.3, -0.25) is 0 Å². The summed E-state index contributed by atoms with van der Waals surface area (Å²) in [5.74, 6) is 0. The molecule has 0 heterocycles. The van der Waals surface area contributed by atoms with E-state index in [0.29, 0.717) is 0 Å². The molecule has 1 heteroatoms. The Morgan fingerprint density at radius 2 is 2.00 bits per heavy atom. The zero-order chi connectivity index (χ0) is 9.97. The van der Waals surface area contributed by atoms with Gasteiger partial charge in [-0.1, -0.05) is 30.4 Å². The highest BCUT2D eigenvalue weighted by atomic mass is 32.1. The predicted octanol–water partition coefficient (Wildman–Crippen LogP) is 4.10. The fraction of sp³-hybridized carbons (Fsp3) is 0.231. The molecule has 0 N–H and O–H groups in total. The minimum Gasteiger partial charge on any atom is -0.143 e. The predicted molar refractivity (Wildman–Crippen MR) is 64.7 cm³/mol. The molecular formula is C13H14S. The Morgan fingerprint density at radius 1 is 1.21 bits per heavy atom. The molecule has 0 atom stereocenters. The van der Waals surface area contributed by atoms with Crippen molar-refractivity contribution in [1.29, 1.82) is 0 Å². The molecule has 1 aliphatic rings. The summed E-state index contributed by atoms with van der Waals surface area (Å²) in [6.07, 6.45) is 6.73. The van der Waals surface area contributed by atoms with E-state index >= 15 is 0 Å². The molecule has 1 aromatic carbocycles. The number of thiol groups is 1. The minimum atomic E-state index is 1.08. The summed E-state index contributed by atoms with van der Waals surface area (Å²) in [5, 5.41) is 0. The summed E-state index contributed by atoms with van der Waals surface area (Å²) in [7, 11) is 0. The van der Waals surface area contributed by atoms with Gasteiger partial charge in [0.2, 0.25) is 0 Å². The summed E-state index contributed by atoms with van der Waals surface area (Å²) >= 11 is 4.49. The van der Waals surface area contributed by atoms with Crippen LogP contribution in [0.25, 0.3) is 5.57 Å². The zero-order valence-corrected chi connectivity index (χ0v) is 9.22. The summed E-state index contributed by atoms with van der Waals surface area (Å²) < 4.78 is 0. The second-order valence-corrected chi connectivity index (χ2v) is 4.10. The van der Waals surface area contributed by atoms with Gasteiger partial charge in [-0.05, 0) is 42.5 Å². The third-order valence-electron chi connectivity index (χ3n) is 2.63. The molecule has 0 nitrogen and oxygen atoms in total. The van der Waals surface area contributed by atoms with E-state index in [4.69, 9.17) is 0 Å². The first-order chi connectivity index (χ1) is 6.79. The van der Waals surface area contributed by atoms with Gasteiger partial charge < -0.3 is 0 Å². The standard InChI is InChI=1S/C13H14S/c1-10-6-2-3-7-11(10)12-8-4-5-9-13(12)14/h2,4-6,8-9,14H,3,7H2,1H3. The van der Waals surface area contributed by atoms with E-state index in [2.05, 4.69) is 49.9 Å². The highest BCUT2D eigenvalue weighted by Crippen LogP contribution is 2.31. The van der Waals surface area contributed by atoms with Gasteiger partial charge in [0.1, 0.15) is 0 Å². The van der Waals surface area contributed by atoms with Gasteiger partial charge in [-0.15, -0.1) is 12.6 Å². The highest BCUT2D eigenvalue weighted by Gasteiger charge is 2.09. The third-order valence-corrected chi connectivity index (χ3v) is 3.02. The van der Waals surface area contributed by atoms with Crippen molar-refractivity contribution in [3.63, 3.8) is 0 Å².